The molecule has 5 nitrogen and oxygen atoms in total. The van der Waals surface area contributed by atoms with Crippen molar-refractivity contribution in [1.29, 1.82) is 0 Å². The quantitative estimate of drug-likeness (QED) is 0.819. The summed E-state index contributed by atoms with van der Waals surface area (Å²) in [6, 6.07) is 10.6. The van der Waals surface area contributed by atoms with Crippen molar-refractivity contribution >= 4 is 17.9 Å². The minimum absolute atomic E-state index is 0.124. The molecule has 0 saturated carbocycles. The summed E-state index contributed by atoms with van der Waals surface area (Å²) in [6.07, 6.45) is 2.52. The van der Waals surface area contributed by atoms with Crippen LogP contribution in [-0.2, 0) is 16.0 Å². The first-order valence-corrected chi connectivity index (χ1v) is 6.10. The lowest BCUT2D eigenvalue weighted by atomic mass is 10.1. The maximum Gasteiger partial charge on any atom is 0.219 e. The number of pyridine rings is 1. The number of hydrogen-bond donors (Lipinski definition) is 1. The van der Waals surface area contributed by atoms with Gasteiger partial charge in [-0.15, -0.1) is 0 Å². The average Bonchev–Trinajstić information content (AvgIpc) is 2.43. The van der Waals surface area contributed by atoms with Gasteiger partial charge in [-0.05, 0) is 30.7 Å². The Balaban J connectivity index is 2.02. The molecule has 0 aliphatic heterocycles. The number of ketones is 1. The number of anilines is 1. The predicted octanol–water partition coefficient (Wildman–Crippen LogP) is 2.57. The Morgan fingerprint density at radius 2 is 2.00 bits per heavy atom. The van der Waals surface area contributed by atoms with Crippen LogP contribution in [0.1, 0.15) is 12.5 Å². The van der Waals surface area contributed by atoms with E-state index >= 15 is 0 Å². The van der Waals surface area contributed by atoms with Crippen molar-refractivity contribution in [3.05, 3.63) is 48.2 Å². The molecule has 102 valence electrons. The van der Waals surface area contributed by atoms with E-state index in [1.807, 2.05) is 12.1 Å². The molecule has 0 bridgehead atoms. The zero-order chi connectivity index (χ0) is 14.4. The van der Waals surface area contributed by atoms with Crippen LogP contribution in [-0.4, -0.2) is 17.2 Å². The highest BCUT2D eigenvalue weighted by Gasteiger charge is 2.01. The smallest absolute Gasteiger partial charge is 0.219 e. The number of amides is 1. The van der Waals surface area contributed by atoms with Crippen LogP contribution < -0.4 is 10.1 Å². The lowest BCUT2D eigenvalue weighted by molar-refractivity contribution is -0.116. The molecule has 0 radical (unpaired) electrons. The molecule has 0 fully saturated rings. The number of hydrogen-bond acceptors (Lipinski definition) is 4. The van der Waals surface area contributed by atoms with Crippen LogP contribution in [0.15, 0.2) is 42.6 Å². The van der Waals surface area contributed by atoms with E-state index in [4.69, 9.17) is 4.74 Å². The topological polar surface area (TPSA) is 68.3 Å². The Bertz CT molecular complexity index is 592. The molecule has 0 atom stereocenters. The molecule has 1 N–H and O–H groups in total. The monoisotopic (exact) mass is 270 g/mol. The van der Waals surface area contributed by atoms with Crippen LogP contribution in [0.2, 0.25) is 0 Å². The second-order valence-corrected chi connectivity index (χ2v) is 4.27. The summed E-state index contributed by atoms with van der Waals surface area (Å²) in [5, 5.41) is 2.49. The maximum atomic E-state index is 11.0. The number of benzene rings is 1. The van der Waals surface area contributed by atoms with Gasteiger partial charge < -0.3 is 10.1 Å². The lowest BCUT2D eigenvalue weighted by Gasteiger charge is -2.06. The Morgan fingerprint density at radius 1 is 1.25 bits per heavy atom. The van der Waals surface area contributed by atoms with Gasteiger partial charge in [-0.1, -0.05) is 12.1 Å². The molecular weight excluding hydrogens is 256 g/mol. The average molecular weight is 270 g/mol. The number of Topliss-reactive ketones (excluding diaryl/α,β-unsaturated/α-hetero) is 1. The molecular formula is C15H14N2O3. The third-order valence-electron chi connectivity index (χ3n) is 2.56. The fourth-order valence-corrected chi connectivity index (χ4v) is 1.68. The Kier molecular flexibility index (Phi) is 4.44. The van der Waals surface area contributed by atoms with Crippen LogP contribution in [0.4, 0.5) is 5.69 Å². The van der Waals surface area contributed by atoms with Crippen molar-refractivity contribution in [2.45, 2.75) is 13.3 Å². The highest BCUT2D eigenvalue weighted by atomic mass is 16.5. The van der Waals surface area contributed by atoms with E-state index in [0.717, 1.165) is 5.56 Å². The molecule has 20 heavy (non-hydrogen) atoms. The molecule has 0 spiro atoms. The van der Waals surface area contributed by atoms with Gasteiger partial charge in [-0.25, -0.2) is 4.98 Å². The lowest BCUT2D eigenvalue weighted by Crippen LogP contribution is -1.96. The van der Waals surface area contributed by atoms with Crippen molar-refractivity contribution in [1.82, 2.24) is 4.98 Å². The maximum absolute atomic E-state index is 11.0. The molecule has 2 aromatic rings. The number of nitrogens with zero attached hydrogens (tertiary/aromatic N) is 1. The highest BCUT2D eigenvalue weighted by molar-refractivity contribution is 5.78. The summed E-state index contributed by atoms with van der Waals surface area (Å²) in [7, 11) is 0. The van der Waals surface area contributed by atoms with Gasteiger partial charge in [0.15, 0.2) is 0 Å². The van der Waals surface area contributed by atoms with Crippen molar-refractivity contribution in [2.75, 3.05) is 5.32 Å². The fourth-order valence-electron chi connectivity index (χ4n) is 1.68. The zero-order valence-corrected chi connectivity index (χ0v) is 11.0. The van der Waals surface area contributed by atoms with Gasteiger partial charge in [-0.2, -0.15) is 0 Å². The van der Waals surface area contributed by atoms with Gasteiger partial charge in [0.1, 0.15) is 11.5 Å². The molecule has 1 heterocycles. The van der Waals surface area contributed by atoms with E-state index in [1.54, 1.807) is 31.2 Å². The Labute approximate surface area is 116 Å². The molecule has 1 amide bonds. The van der Waals surface area contributed by atoms with E-state index in [1.165, 1.54) is 6.20 Å². The SMILES string of the molecule is CC(=O)Cc1ccc(Oc2ccc(NC=O)cn2)cc1. The normalized spacial score (nSPS) is 9.85. The van der Waals surface area contributed by atoms with Crippen LogP contribution in [0, 0.1) is 0 Å². The number of nitrogens with one attached hydrogen (secondary N) is 1. The fraction of sp³-hybridized carbons (Fsp3) is 0.133. The molecule has 0 unspecified atom stereocenters. The predicted molar refractivity (Wildman–Crippen MR) is 74.8 cm³/mol. The van der Waals surface area contributed by atoms with Crippen LogP contribution in [0.3, 0.4) is 0 Å². The first-order chi connectivity index (χ1) is 9.67. The summed E-state index contributed by atoms with van der Waals surface area (Å²) in [5.41, 5.74) is 1.55. The van der Waals surface area contributed by atoms with Crippen LogP contribution in [0.5, 0.6) is 11.6 Å². The van der Waals surface area contributed by atoms with E-state index in [2.05, 4.69) is 10.3 Å². The molecule has 0 aliphatic carbocycles. The third-order valence-corrected chi connectivity index (χ3v) is 2.56. The molecule has 0 aliphatic rings. The summed E-state index contributed by atoms with van der Waals surface area (Å²) >= 11 is 0. The highest BCUT2D eigenvalue weighted by Crippen LogP contribution is 2.21. The molecule has 2 rings (SSSR count). The van der Waals surface area contributed by atoms with Crippen LogP contribution >= 0.6 is 0 Å². The first-order valence-electron chi connectivity index (χ1n) is 6.10. The molecule has 1 aromatic heterocycles. The van der Waals surface area contributed by atoms with E-state index in [9.17, 15) is 9.59 Å². The summed E-state index contributed by atoms with van der Waals surface area (Å²) in [6.45, 7) is 1.56. The van der Waals surface area contributed by atoms with E-state index in [-0.39, 0.29) is 5.78 Å². The zero-order valence-electron chi connectivity index (χ0n) is 11.0. The number of carbonyl (C=O) groups is 2. The molecule has 0 saturated heterocycles. The van der Waals surface area contributed by atoms with Crippen molar-refractivity contribution in [3.8, 4) is 11.6 Å². The number of carbonyl (C=O) groups excluding carboxylic acids is 2. The van der Waals surface area contributed by atoms with Gasteiger partial charge in [0, 0.05) is 12.5 Å². The van der Waals surface area contributed by atoms with Gasteiger partial charge >= 0.3 is 0 Å². The summed E-state index contributed by atoms with van der Waals surface area (Å²) in [4.78, 5) is 25.3. The first kappa shape index (κ1) is 13.7. The standard InChI is InChI=1S/C15H14N2O3/c1-11(19)8-12-2-5-14(6-3-12)20-15-7-4-13(9-16-15)17-10-18/h2-7,9-10H,8H2,1H3,(H,17,18). The third kappa shape index (κ3) is 3.91. The van der Waals surface area contributed by atoms with Crippen LogP contribution in [0.25, 0.3) is 0 Å². The Morgan fingerprint density at radius 3 is 2.55 bits per heavy atom. The molecule has 1 aromatic carbocycles. The number of aromatic nitrogens is 1. The molecule has 5 heteroatoms. The largest absolute Gasteiger partial charge is 0.439 e. The van der Waals surface area contributed by atoms with E-state index in [0.29, 0.717) is 30.1 Å². The van der Waals surface area contributed by atoms with Gasteiger partial charge in [-0.3, -0.25) is 9.59 Å². The summed E-state index contributed by atoms with van der Waals surface area (Å²) < 4.78 is 5.56. The van der Waals surface area contributed by atoms with Crippen molar-refractivity contribution in [3.63, 3.8) is 0 Å². The Hall–Kier alpha value is -2.69. The van der Waals surface area contributed by atoms with Gasteiger partial charge in [0.2, 0.25) is 12.3 Å². The van der Waals surface area contributed by atoms with Crippen molar-refractivity contribution < 1.29 is 14.3 Å². The minimum atomic E-state index is 0.124. The summed E-state index contributed by atoms with van der Waals surface area (Å²) in [5.74, 6) is 1.19. The number of rotatable bonds is 6. The van der Waals surface area contributed by atoms with Crippen molar-refractivity contribution in [2.24, 2.45) is 0 Å². The minimum Gasteiger partial charge on any atom is -0.439 e. The number of ether oxygens (including phenoxy) is 1. The van der Waals surface area contributed by atoms with Gasteiger partial charge in [0.25, 0.3) is 0 Å². The van der Waals surface area contributed by atoms with Gasteiger partial charge in [0.05, 0.1) is 11.9 Å². The second kappa shape index (κ2) is 6.47. The second-order valence-electron chi connectivity index (χ2n) is 4.27. The van der Waals surface area contributed by atoms with E-state index < -0.39 is 0 Å².